The van der Waals surface area contributed by atoms with Crippen LogP contribution in [0.1, 0.15) is 17.5 Å². The molecule has 0 saturated heterocycles. The predicted octanol–water partition coefficient (Wildman–Crippen LogP) is 3.60. The van der Waals surface area contributed by atoms with Crippen molar-refractivity contribution in [3.05, 3.63) is 72.1 Å². The van der Waals surface area contributed by atoms with Crippen LogP contribution >= 0.6 is 0 Å². The van der Waals surface area contributed by atoms with Crippen molar-refractivity contribution in [2.75, 3.05) is 6.61 Å². The number of nitrogens with one attached hydrogen (secondary N) is 2. The first-order chi connectivity index (χ1) is 16.2. The quantitative estimate of drug-likeness (QED) is 0.352. The maximum Gasteiger partial charge on any atom is 0.259 e. The molecule has 7 nitrogen and oxygen atoms in total. The summed E-state index contributed by atoms with van der Waals surface area (Å²) in [4.78, 5) is 26.2. The number of para-hydroxylation sites is 2. The van der Waals surface area contributed by atoms with E-state index in [4.69, 9.17) is 10.1 Å². The van der Waals surface area contributed by atoms with E-state index in [0.717, 1.165) is 32.9 Å². The van der Waals surface area contributed by atoms with Gasteiger partial charge in [-0.2, -0.15) is 0 Å². The van der Waals surface area contributed by atoms with Crippen LogP contribution < -0.4 is 5.32 Å². The molecule has 4 aromatic rings. The molecule has 6 rings (SSSR count). The Morgan fingerprint density at radius 1 is 0.848 bits per heavy atom. The van der Waals surface area contributed by atoms with Crippen LogP contribution in [0, 0.1) is 5.41 Å². The smallest absolute Gasteiger partial charge is 0.259 e. The molecule has 7 heteroatoms. The molecule has 0 spiro atoms. The van der Waals surface area contributed by atoms with Gasteiger partial charge in [-0.25, -0.2) is 0 Å². The lowest BCUT2D eigenvalue weighted by atomic mass is 9.95. The number of ether oxygens (including phenoxy) is 1. The number of aromatic nitrogens is 2. The van der Waals surface area contributed by atoms with Crippen LogP contribution in [-0.4, -0.2) is 39.9 Å². The van der Waals surface area contributed by atoms with Crippen LogP contribution in [0.5, 0.6) is 0 Å². The van der Waals surface area contributed by atoms with Gasteiger partial charge in [0.2, 0.25) is 0 Å². The Balaban J connectivity index is 1.68. The van der Waals surface area contributed by atoms with Gasteiger partial charge in [0, 0.05) is 64.6 Å². The van der Waals surface area contributed by atoms with E-state index < -0.39 is 0 Å². The normalized spacial score (nSPS) is 19.0. The number of fused-ring (bicyclic) bond motifs is 12. The fourth-order valence-corrected chi connectivity index (χ4v) is 5.01. The minimum Gasteiger partial charge on any atom is -0.371 e. The van der Waals surface area contributed by atoms with Gasteiger partial charge < -0.3 is 19.3 Å². The van der Waals surface area contributed by atoms with Crippen LogP contribution in [-0.2, 0) is 27.4 Å². The second-order valence-corrected chi connectivity index (χ2v) is 8.40. The molecular weight excluding hydrogens is 416 g/mol. The van der Waals surface area contributed by atoms with Crippen LogP contribution in [0.4, 0.5) is 0 Å². The first kappa shape index (κ1) is 19.7. The van der Waals surface area contributed by atoms with Crippen LogP contribution in [0.3, 0.4) is 0 Å². The molecule has 33 heavy (non-hydrogen) atoms. The second kappa shape index (κ2) is 7.56. The standard InChI is InChI=1S/C26H22N4O3/c27-13-16-9-10-29-14-19(17-5-1-3-7-21(17)29)23-24(26(32)28-25(23)31)20-15-30(11-12-33-16)22-8-4-2-6-18(20)22/h1-8,13-16,27H,9-12H2,(H,28,31,32). The number of hydrogen-bond acceptors (Lipinski definition) is 4. The Morgan fingerprint density at radius 3 is 1.97 bits per heavy atom. The SMILES string of the molecule is N=CC1CCn2cc(c3ccccc32)C2=C(C(=O)NC2=O)c2cn(c3ccccc23)CCO1. The molecule has 2 N–H and O–H groups in total. The van der Waals surface area contributed by atoms with E-state index in [1.807, 2.05) is 60.9 Å². The number of aryl methyl sites for hydroxylation is 1. The van der Waals surface area contributed by atoms with Gasteiger partial charge >= 0.3 is 0 Å². The van der Waals surface area contributed by atoms with Crippen molar-refractivity contribution in [1.82, 2.24) is 14.5 Å². The van der Waals surface area contributed by atoms with Crippen LogP contribution in [0.15, 0.2) is 60.9 Å². The van der Waals surface area contributed by atoms with Crippen LogP contribution in [0.25, 0.3) is 33.0 Å². The number of hydrogen-bond donors (Lipinski definition) is 2. The third kappa shape index (κ3) is 3.04. The fourth-order valence-electron chi connectivity index (χ4n) is 5.01. The summed E-state index contributed by atoms with van der Waals surface area (Å²) in [5, 5.41) is 12.2. The minimum atomic E-state index is -0.373. The molecule has 4 heterocycles. The Bertz CT molecular complexity index is 1490. The van der Waals surface area contributed by atoms with E-state index in [9.17, 15) is 9.59 Å². The fraction of sp³-hybridized carbons (Fsp3) is 0.192. The first-order valence-corrected chi connectivity index (χ1v) is 11.0. The number of carbonyl (C=O) groups excluding carboxylic acids is 2. The zero-order valence-electron chi connectivity index (χ0n) is 17.9. The monoisotopic (exact) mass is 438 g/mol. The summed E-state index contributed by atoms with van der Waals surface area (Å²) >= 11 is 0. The molecule has 0 fully saturated rings. The predicted molar refractivity (Wildman–Crippen MR) is 127 cm³/mol. The highest BCUT2D eigenvalue weighted by atomic mass is 16.5. The van der Waals surface area contributed by atoms with Crippen LogP contribution in [0.2, 0.25) is 0 Å². The molecular formula is C26H22N4O3. The van der Waals surface area contributed by atoms with E-state index in [-0.39, 0.29) is 17.9 Å². The van der Waals surface area contributed by atoms with Gasteiger partial charge in [0.15, 0.2) is 0 Å². The van der Waals surface area contributed by atoms with E-state index in [1.165, 1.54) is 6.21 Å². The second-order valence-electron chi connectivity index (χ2n) is 8.40. The average molecular weight is 438 g/mol. The summed E-state index contributed by atoms with van der Waals surface area (Å²) in [6, 6.07) is 15.8. The highest BCUT2D eigenvalue weighted by molar-refractivity contribution is 6.50. The van der Waals surface area contributed by atoms with Crippen molar-refractivity contribution in [1.29, 1.82) is 5.41 Å². The molecule has 2 aromatic carbocycles. The summed E-state index contributed by atoms with van der Waals surface area (Å²) in [5.74, 6) is -0.746. The molecule has 1 atom stereocenters. The van der Waals surface area contributed by atoms with E-state index in [2.05, 4.69) is 14.5 Å². The third-order valence-corrected chi connectivity index (χ3v) is 6.55. The maximum atomic E-state index is 13.1. The summed E-state index contributed by atoms with van der Waals surface area (Å²) < 4.78 is 10.2. The Morgan fingerprint density at radius 2 is 1.39 bits per heavy atom. The Kier molecular flexibility index (Phi) is 4.52. The van der Waals surface area contributed by atoms with Gasteiger partial charge in [-0.3, -0.25) is 14.9 Å². The summed E-state index contributed by atoms with van der Waals surface area (Å²) in [6.45, 7) is 1.65. The molecule has 0 aliphatic carbocycles. The number of rotatable bonds is 1. The molecule has 1 unspecified atom stereocenters. The summed E-state index contributed by atoms with van der Waals surface area (Å²) in [5.41, 5.74) is 4.25. The molecule has 0 radical (unpaired) electrons. The molecule has 4 bridgehead atoms. The molecule has 2 amide bonds. The first-order valence-electron chi connectivity index (χ1n) is 11.0. The van der Waals surface area contributed by atoms with Crippen molar-refractivity contribution in [3.63, 3.8) is 0 Å². The van der Waals surface area contributed by atoms with E-state index in [0.29, 0.717) is 37.3 Å². The number of amides is 2. The lowest BCUT2D eigenvalue weighted by molar-refractivity contribution is -0.122. The highest BCUT2D eigenvalue weighted by Gasteiger charge is 2.35. The topological polar surface area (TPSA) is 89.1 Å². The number of imide groups is 1. The number of carbonyl (C=O) groups is 2. The minimum absolute atomic E-state index is 0.301. The van der Waals surface area contributed by atoms with Gasteiger partial charge in [0.1, 0.15) is 0 Å². The third-order valence-electron chi connectivity index (χ3n) is 6.55. The zero-order valence-corrected chi connectivity index (χ0v) is 17.9. The molecule has 2 aliphatic rings. The van der Waals surface area contributed by atoms with Crippen molar-refractivity contribution in [2.45, 2.75) is 25.6 Å². The van der Waals surface area contributed by atoms with Crippen molar-refractivity contribution in [2.24, 2.45) is 0 Å². The summed E-state index contributed by atoms with van der Waals surface area (Å²) in [7, 11) is 0. The number of nitrogens with zero attached hydrogens (tertiary/aromatic N) is 2. The molecule has 0 saturated carbocycles. The Hall–Kier alpha value is -3.97. The van der Waals surface area contributed by atoms with Crippen molar-refractivity contribution in [3.8, 4) is 0 Å². The maximum absolute atomic E-state index is 13.1. The van der Waals surface area contributed by atoms with E-state index in [1.54, 1.807) is 0 Å². The largest absolute Gasteiger partial charge is 0.371 e. The average Bonchev–Trinajstić information content (AvgIpc) is 3.46. The van der Waals surface area contributed by atoms with Gasteiger partial charge in [-0.15, -0.1) is 0 Å². The molecule has 2 aliphatic heterocycles. The lowest BCUT2D eigenvalue weighted by Gasteiger charge is -2.15. The van der Waals surface area contributed by atoms with Gasteiger partial charge in [0.05, 0.1) is 23.9 Å². The van der Waals surface area contributed by atoms with Crippen molar-refractivity contribution >= 4 is 51.0 Å². The molecule has 2 aromatic heterocycles. The molecule has 164 valence electrons. The van der Waals surface area contributed by atoms with E-state index >= 15 is 0 Å². The van der Waals surface area contributed by atoms with Gasteiger partial charge in [0.25, 0.3) is 11.8 Å². The number of benzene rings is 2. The van der Waals surface area contributed by atoms with Crippen molar-refractivity contribution < 1.29 is 14.3 Å². The Labute approximate surface area is 189 Å². The lowest BCUT2D eigenvalue weighted by Crippen LogP contribution is -2.22. The van der Waals surface area contributed by atoms with Gasteiger partial charge in [-0.05, 0) is 18.6 Å². The van der Waals surface area contributed by atoms with Gasteiger partial charge in [-0.1, -0.05) is 36.4 Å². The highest BCUT2D eigenvalue weighted by Crippen LogP contribution is 2.39. The summed E-state index contributed by atoms with van der Waals surface area (Å²) in [6.07, 6.45) is 5.57. The zero-order chi connectivity index (χ0) is 22.5.